The van der Waals surface area contributed by atoms with E-state index in [-0.39, 0.29) is 5.91 Å². The maximum Gasteiger partial charge on any atom is 0.255 e. The number of thiazole rings is 1. The first-order chi connectivity index (χ1) is 13.1. The normalized spacial score (nSPS) is 15.3. The number of nitrogens with one attached hydrogen (secondary N) is 1. The minimum absolute atomic E-state index is 0.0699. The van der Waals surface area contributed by atoms with Crippen molar-refractivity contribution in [2.24, 2.45) is 5.92 Å². The third-order valence-electron chi connectivity index (χ3n) is 5.34. The minimum atomic E-state index is -0.0699. The van der Waals surface area contributed by atoms with Crippen molar-refractivity contribution < 1.29 is 4.79 Å². The first-order valence-corrected chi connectivity index (χ1v) is 10.5. The molecule has 27 heavy (non-hydrogen) atoms. The summed E-state index contributed by atoms with van der Waals surface area (Å²) in [6.45, 7) is 6.55. The number of rotatable bonds is 4. The van der Waals surface area contributed by atoms with Crippen LogP contribution in [0, 0.1) is 5.92 Å². The van der Waals surface area contributed by atoms with Gasteiger partial charge in [-0.2, -0.15) is 0 Å². The molecule has 0 saturated carbocycles. The Labute approximate surface area is 164 Å². The van der Waals surface area contributed by atoms with Crippen molar-refractivity contribution in [1.82, 2.24) is 4.98 Å². The summed E-state index contributed by atoms with van der Waals surface area (Å²) in [5.41, 5.74) is 3.68. The van der Waals surface area contributed by atoms with Crippen molar-refractivity contribution in [3.05, 3.63) is 53.6 Å². The highest BCUT2D eigenvalue weighted by Crippen LogP contribution is 2.32. The second kappa shape index (κ2) is 7.69. The van der Waals surface area contributed by atoms with Crippen LogP contribution in [0.3, 0.4) is 0 Å². The van der Waals surface area contributed by atoms with Crippen LogP contribution in [0.4, 0.5) is 10.8 Å². The zero-order valence-electron chi connectivity index (χ0n) is 15.9. The van der Waals surface area contributed by atoms with E-state index in [0.29, 0.717) is 5.56 Å². The van der Waals surface area contributed by atoms with E-state index in [1.807, 2.05) is 42.5 Å². The lowest BCUT2D eigenvalue weighted by Gasteiger charge is -2.29. The number of benzene rings is 2. The van der Waals surface area contributed by atoms with Gasteiger partial charge in [-0.1, -0.05) is 43.4 Å². The molecule has 1 amide bonds. The van der Waals surface area contributed by atoms with Gasteiger partial charge in [0.05, 0.1) is 10.2 Å². The van der Waals surface area contributed by atoms with Crippen molar-refractivity contribution in [2.45, 2.75) is 33.1 Å². The quantitative estimate of drug-likeness (QED) is 0.665. The second-order valence-electron chi connectivity index (χ2n) is 7.31. The maximum absolute atomic E-state index is 12.7. The molecular weight excluding hydrogens is 354 g/mol. The van der Waals surface area contributed by atoms with Gasteiger partial charge in [0.25, 0.3) is 5.91 Å². The molecule has 140 valence electrons. The number of para-hydroxylation sites is 1. The molecule has 1 N–H and O–H groups in total. The molecule has 0 atom stereocenters. The number of piperidine rings is 1. The Kier molecular flexibility index (Phi) is 5.12. The average molecular weight is 380 g/mol. The van der Waals surface area contributed by atoms with Crippen LogP contribution < -0.4 is 10.2 Å². The molecule has 1 fully saturated rings. The molecular formula is C22H25N3OS. The molecule has 4 nitrogen and oxygen atoms in total. The fourth-order valence-electron chi connectivity index (χ4n) is 3.53. The Morgan fingerprint density at radius 3 is 2.78 bits per heavy atom. The van der Waals surface area contributed by atoms with Gasteiger partial charge in [0.1, 0.15) is 0 Å². The van der Waals surface area contributed by atoms with Crippen molar-refractivity contribution in [2.75, 3.05) is 23.3 Å². The van der Waals surface area contributed by atoms with Crippen LogP contribution in [0.1, 0.15) is 42.6 Å². The van der Waals surface area contributed by atoms with Crippen LogP contribution >= 0.6 is 11.3 Å². The molecule has 1 aliphatic rings. The minimum Gasteiger partial charge on any atom is -0.348 e. The van der Waals surface area contributed by atoms with Gasteiger partial charge in [0.15, 0.2) is 5.13 Å². The summed E-state index contributed by atoms with van der Waals surface area (Å²) >= 11 is 1.69. The number of carbonyl (C=O) groups is 1. The molecule has 1 aromatic heterocycles. The lowest BCUT2D eigenvalue weighted by Crippen LogP contribution is -2.32. The number of fused-ring (bicyclic) bond motifs is 1. The van der Waals surface area contributed by atoms with Crippen LogP contribution in [0.15, 0.2) is 42.5 Å². The summed E-state index contributed by atoms with van der Waals surface area (Å²) in [5.74, 6) is 0.733. The smallest absolute Gasteiger partial charge is 0.255 e. The monoisotopic (exact) mass is 379 g/mol. The van der Waals surface area contributed by atoms with E-state index in [0.717, 1.165) is 52.0 Å². The van der Waals surface area contributed by atoms with Gasteiger partial charge in [-0.05, 0) is 55.0 Å². The van der Waals surface area contributed by atoms with Crippen molar-refractivity contribution in [1.29, 1.82) is 0 Å². The van der Waals surface area contributed by atoms with Crippen molar-refractivity contribution in [3.8, 4) is 0 Å². The highest BCUT2D eigenvalue weighted by atomic mass is 32.1. The molecule has 2 aromatic carbocycles. The number of aryl methyl sites for hydroxylation is 1. The van der Waals surface area contributed by atoms with E-state index in [2.05, 4.69) is 24.1 Å². The fourth-order valence-corrected chi connectivity index (χ4v) is 4.59. The van der Waals surface area contributed by atoms with Gasteiger partial charge in [-0.3, -0.25) is 4.79 Å². The SMILES string of the molecule is CCc1ccccc1NC(=O)c1ccc2nc(N3CCC(C)CC3)sc2c1. The molecule has 3 aromatic rings. The molecule has 0 bridgehead atoms. The van der Waals surface area contributed by atoms with Gasteiger partial charge < -0.3 is 10.2 Å². The standard InChI is InChI=1S/C22H25N3OS/c1-3-16-6-4-5-7-18(16)23-21(26)17-8-9-19-20(14-17)27-22(24-19)25-12-10-15(2)11-13-25/h4-9,14-15H,3,10-13H2,1-2H3,(H,23,26). The predicted molar refractivity (Wildman–Crippen MR) is 114 cm³/mol. The first kappa shape index (κ1) is 18.0. The summed E-state index contributed by atoms with van der Waals surface area (Å²) in [4.78, 5) is 19.9. The lowest BCUT2D eigenvalue weighted by molar-refractivity contribution is 0.102. The number of amides is 1. The van der Waals surface area contributed by atoms with Gasteiger partial charge >= 0.3 is 0 Å². The highest BCUT2D eigenvalue weighted by molar-refractivity contribution is 7.22. The molecule has 0 aliphatic carbocycles. The average Bonchev–Trinajstić information content (AvgIpc) is 3.12. The van der Waals surface area contributed by atoms with Crippen LogP contribution in [0.25, 0.3) is 10.2 Å². The third-order valence-corrected chi connectivity index (χ3v) is 6.42. The fraction of sp³-hybridized carbons (Fsp3) is 0.364. The number of nitrogens with zero attached hydrogens (tertiary/aromatic N) is 2. The van der Waals surface area contributed by atoms with E-state index in [1.165, 1.54) is 12.8 Å². The Balaban J connectivity index is 1.55. The third kappa shape index (κ3) is 3.83. The van der Waals surface area contributed by atoms with E-state index in [9.17, 15) is 4.79 Å². The largest absolute Gasteiger partial charge is 0.348 e. The van der Waals surface area contributed by atoms with E-state index >= 15 is 0 Å². The second-order valence-corrected chi connectivity index (χ2v) is 8.32. The Bertz CT molecular complexity index is 957. The molecule has 1 saturated heterocycles. The van der Waals surface area contributed by atoms with Crippen molar-refractivity contribution in [3.63, 3.8) is 0 Å². The van der Waals surface area contributed by atoms with E-state index in [4.69, 9.17) is 4.98 Å². The predicted octanol–water partition coefficient (Wildman–Crippen LogP) is 5.35. The topological polar surface area (TPSA) is 45.2 Å². The summed E-state index contributed by atoms with van der Waals surface area (Å²) in [5, 5.41) is 4.13. The van der Waals surface area contributed by atoms with Crippen LogP contribution in [-0.4, -0.2) is 24.0 Å². The van der Waals surface area contributed by atoms with Crippen molar-refractivity contribution >= 4 is 38.3 Å². The summed E-state index contributed by atoms with van der Waals surface area (Å²) in [6.07, 6.45) is 3.34. The van der Waals surface area contributed by atoms with E-state index < -0.39 is 0 Å². The summed E-state index contributed by atoms with van der Waals surface area (Å²) < 4.78 is 1.07. The maximum atomic E-state index is 12.7. The number of hydrogen-bond donors (Lipinski definition) is 1. The molecule has 2 heterocycles. The Morgan fingerprint density at radius 2 is 2.00 bits per heavy atom. The molecule has 0 spiro atoms. The highest BCUT2D eigenvalue weighted by Gasteiger charge is 2.19. The zero-order chi connectivity index (χ0) is 18.8. The Morgan fingerprint density at radius 1 is 1.22 bits per heavy atom. The van der Waals surface area contributed by atoms with Gasteiger partial charge in [-0.15, -0.1) is 0 Å². The summed E-state index contributed by atoms with van der Waals surface area (Å²) in [7, 11) is 0. The molecule has 4 rings (SSSR count). The van der Waals surface area contributed by atoms with Gasteiger partial charge in [0.2, 0.25) is 0 Å². The Hall–Kier alpha value is -2.40. The number of hydrogen-bond acceptors (Lipinski definition) is 4. The number of aromatic nitrogens is 1. The molecule has 0 radical (unpaired) electrons. The number of carbonyl (C=O) groups excluding carboxylic acids is 1. The van der Waals surface area contributed by atoms with Crippen LogP contribution in [0.2, 0.25) is 0 Å². The zero-order valence-corrected chi connectivity index (χ0v) is 16.7. The lowest BCUT2D eigenvalue weighted by atomic mass is 10.00. The molecule has 1 aliphatic heterocycles. The van der Waals surface area contributed by atoms with Gasteiger partial charge in [0, 0.05) is 24.3 Å². The van der Waals surface area contributed by atoms with Crippen LogP contribution in [0.5, 0.6) is 0 Å². The first-order valence-electron chi connectivity index (χ1n) is 9.69. The molecule has 5 heteroatoms. The van der Waals surface area contributed by atoms with Crippen LogP contribution in [-0.2, 0) is 6.42 Å². The molecule has 0 unspecified atom stereocenters. The number of anilines is 2. The summed E-state index contributed by atoms with van der Waals surface area (Å²) in [6, 6.07) is 13.8. The van der Waals surface area contributed by atoms with Gasteiger partial charge in [-0.25, -0.2) is 4.98 Å². The van der Waals surface area contributed by atoms with E-state index in [1.54, 1.807) is 11.3 Å².